The Balaban J connectivity index is 1.70. The van der Waals surface area contributed by atoms with E-state index in [9.17, 15) is 13.2 Å². The number of aromatic nitrogens is 3. The van der Waals surface area contributed by atoms with Crippen LogP contribution in [0.15, 0.2) is 30.5 Å². The molecule has 6 nitrogen and oxygen atoms in total. The van der Waals surface area contributed by atoms with E-state index in [1.54, 1.807) is 20.0 Å². The number of rotatable bonds is 5. The molecule has 2 aromatic heterocycles. The zero-order valence-corrected chi connectivity index (χ0v) is 18.6. The first-order valence-electron chi connectivity index (χ1n) is 10.7. The lowest BCUT2D eigenvalue weighted by Gasteiger charge is -2.39. The van der Waals surface area contributed by atoms with Gasteiger partial charge in [0, 0.05) is 36.6 Å². The molecular formula is C23H27F3N6. The van der Waals surface area contributed by atoms with Crippen molar-refractivity contribution in [2.24, 2.45) is 0 Å². The van der Waals surface area contributed by atoms with Crippen molar-refractivity contribution in [2.75, 3.05) is 36.9 Å². The molecule has 1 N–H and O–H groups in total. The number of pyridine rings is 1. The van der Waals surface area contributed by atoms with E-state index in [1.165, 1.54) is 12.1 Å². The number of aryl methyl sites for hydroxylation is 1. The molecule has 0 aliphatic carbocycles. The highest BCUT2D eigenvalue weighted by Crippen LogP contribution is 2.31. The van der Waals surface area contributed by atoms with Gasteiger partial charge in [-0.3, -0.25) is 0 Å². The van der Waals surface area contributed by atoms with Crippen molar-refractivity contribution in [1.29, 1.82) is 0 Å². The Hall–Kier alpha value is -2.94. The molecule has 0 unspecified atom stereocenters. The molecule has 9 heteroatoms. The third kappa shape index (κ3) is 4.34. The number of likely N-dealkylation sites (N-methyl/N-ethyl adjacent to an activating group) is 1. The van der Waals surface area contributed by atoms with Crippen molar-refractivity contribution in [3.63, 3.8) is 0 Å². The lowest BCUT2D eigenvalue weighted by molar-refractivity contribution is 0.146. The number of benzene rings is 1. The molecule has 1 saturated heterocycles. The molecule has 0 amide bonds. The summed E-state index contributed by atoms with van der Waals surface area (Å²) >= 11 is 0. The Kier molecular flexibility index (Phi) is 6.19. The van der Waals surface area contributed by atoms with E-state index in [2.05, 4.69) is 44.0 Å². The fourth-order valence-electron chi connectivity index (χ4n) is 4.24. The second-order valence-electron chi connectivity index (χ2n) is 8.40. The summed E-state index contributed by atoms with van der Waals surface area (Å²) in [6.07, 6.45) is -1.15. The predicted molar refractivity (Wildman–Crippen MR) is 120 cm³/mol. The van der Waals surface area contributed by atoms with Gasteiger partial charge in [0.1, 0.15) is 23.3 Å². The van der Waals surface area contributed by atoms with E-state index in [-0.39, 0.29) is 5.56 Å². The van der Waals surface area contributed by atoms with Crippen LogP contribution in [0, 0.1) is 12.7 Å². The Morgan fingerprint density at radius 3 is 2.62 bits per heavy atom. The van der Waals surface area contributed by atoms with Gasteiger partial charge in [-0.2, -0.15) is 0 Å². The van der Waals surface area contributed by atoms with E-state index in [4.69, 9.17) is 0 Å². The van der Waals surface area contributed by atoms with Crippen molar-refractivity contribution >= 4 is 22.5 Å². The van der Waals surface area contributed by atoms with Crippen molar-refractivity contribution in [3.8, 4) is 0 Å². The first kappa shape index (κ1) is 22.3. The van der Waals surface area contributed by atoms with Crippen LogP contribution in [0.5, 0.6) is 0 Å². The molecule has 2 atom stereocenters. The van der Waals surface area contributed by atoms with E-state index in [1.807, 2.05) is 6.07 Å². The molecule has 0 saturated carbocycles. The first-order chi connectivity index (χ1) is 15.2. The third-order valence-electron chi connectivity index (χ3n) is 5.92. The van der Waals surface area contributed by atoms with Gasteiger partial charge in [-0.1, -0.05) is 18.2 Å². The molecule has 32 heavy (non-hydrogen) atoms. The number of hydrogen-bond acceptors (Lipinski definition) is 6. The number of fused-ring (bicyclic) bond motifs is 1. The van der Waals surface area contributed by atoms with Crippen LogP contribution in [0.25, 0.3) is 10.9 Å². The Labute approximate surface area is 185 Å². The number of nitrogens with zero attached hydrogens (tertiary/aromatic N) is 5. The summed E-state index contributed by atoms with van der Waals surface area (Å²) in [5.41, 5.74) is 0.226. The van der Waals surface area contributed by atoms with E-state index in [0.29, 0.717) is 23.2 Å². The lowest BCUT2D eigenvalue weighted by atomic mass is 10.0. The first-order valence-corrected chi connectivity index (χ1v) is 10.7. The quantitative estimate of drug-likeness (QED) is 0.614. The number of hydrogen-bond donors (Lipinski definition) is 1. The average molecular weight is 445 g/mol. The van der Waals surface area contributed by atoms with Gasteiger partial charge in [-0.25, -0.2) is 28.1 Å². The molecule has 1 fully saturated rings. The minimum Gasteiger partial charge on any atom is -0.363 e. The largest absolute Gasteiger partial charge is 0.363 e. The molecular weight excluding hydrogens is 417 g/mol. The minimum absolute atomic E-state index is 0.161. The van der Waals surface area contributed by atoms with Gasteiger partial charge < -0.3 is 15.1 Å². The van der Waals surface area contributed by atoms with Crippen LogP contribution in [0.4, 0.5) is 24.8 Å². The van der Waals surface area contributed by atoms with Crippen molar-refractivity contribution < 1.29 is 13.2 Å². The summed E-state index contributed by atoms with van der Waals surface area (Å²) in [5.74, 6) is 0.988. The van der Waals surface area contributed by atoms with Crippen LogP contribution in [0.2, 0.25) is 0 Å². The molecule has 0 spiro atoms. The number of piperazine rings is 1. The van der Waals surface area contributed by atoms with Crippen molar-refractivity contribution in [3.05, 3.63) is 53.2 Å². The standard InChI is InChI=1S/C23H27F3N6/c1-13-12-31(4)8-9-32(13)20-10-18-19(11-27-20)29-15(3)30-23(18)28-14(2)16-6-5-7-17(21(16)24)22(25)26/h5-7,10-11,13-14,22H,8-9,12H2,1-4H3,(H,28,29,30)/t13-,14+/m0/s1. The lowest BCUT2D eigenvalue weighted by Crippen LogP contribution is -2.50. The summed E-state index contributed by atoms with van der Waals surface area (Å²) in [7, 11) is 2.10. The molecule has 3 aromatic rings. The Morgan fingerprint density at radius 1 is 1.16 bits per heavy atom. The third-order valence-corrected chi connectivity index (χ3v) is 5.92. The molecule has 0 bridgehead atoms. The van der Waals surface area contributed by atoms with Gasteiger partial charge in [0.15, 0.2) is 0 Å². The minimum atomic E-state index is -2.87. The molecule has 1 aliphatic heterocycles. The summed E-state index contributed by atoms with van der Waals surface area (Å²) < 4.78 is 41.0. The second-order valence-corrected chi connectivity index (χ2v) is 8.40. The van der Waals surface area contributed by atoms with Crippen LogP contribution in [0.1, 0.15) is 43.3 Å². The highest BCUT2D eigenvalue weighted by atomic mass is 19.3. The smallest absolute Gasteiger partial charge is 0.266 e. The normalized spacial score (nSPS) is 18.4. The van der Waals surface area contributed by atoms with Gasteiger partial charge in [-0.15, -0.1) is 0 Å². The zero-order valence-electron chi connectivity index (χ0n) is 18.6. The van der Waals surface area contributed by atoms with E-state index < -0.39 is 23.8 Å². The summed E-state index contributed by atoms with van der Waals surface area (Å²) in [5, 5.41) is 3.96. The molecule has 1 aromatic carbocycles. The van der Waals surface area contributed by atoms with Gasteiger partial charge >= 0.3 is 0 Å². The molecule has 4 rings (SSSR count). The van der Waals surface area contributed by atoms with Gasteiger partial charge in [-0.05, 0) is 33.9 Å². The van der Waals surface area contributed by atoms with Gasteiger partial charge in [0.25, 0.3) is 6.43 Å². The monoisotopic (exact) mass is 444 g/mol. The maximum Gasteiger partial charge on any atom is 0.266 e. The fourth-order valence-corrected chi connectivity index (χ4v) is 4.24. The number of alkyl halides is 2. The SMILES string of the molecule is Cc1nc(N[C@H](C)c2cccc(C(F)F)c2F)c2cc(N3CCN(C)C[C@@H]3C)ncc2n1. The highest BCUT2D eigenvalue weighted by Gasteiger charge is 2.24. The number of anilines is 2. The number of nitrogens with one attached hydrogen (secondary N) is 1. The van der Waals surface area contributed by atoms with E-state index in [0.717, 1.165) is 36.9 Å². The van der Waals surface area contributed by atoms with Crippen LogP contribution in [0.3, 0.4) is 0 Å². The number of halogens is 3. The van der Waals surface area contributed by atoms with Crippen LogP contribution >= 0.6 is 0 Å². The zero-order chi connectivity index (χ0) is 23.0. The fraction of sp³-hybridized carbons (Fsp3) is 0.435. The topological polar surface area (TPSA) is 57.2 Å². The maximum atomic E-state index is 14.7. The Bertz CT molecular complexity index is 1120. The predicted octanol–water partition coefficient (Wildman–Crippen LogP) is 4.72. The Morgan fingerprint density at radius 2 is 1.91 bits per heavy atom. The van der Waals surface area contributed by atoms with Gasteiger partial charge in [0.05, 0.1) is 23.3 Å². The highest BCUT2D eigenvalue weighted by molar-refractivity contribution is 5.90. The van der Waals surface area contributed by atoms with Crippen LogP contribution < -0.4 is 10.2 Å². The van der Waals surface area contributed by atoms with Crippen molar-refractivity contribution in [2.45, 2.75) is 39.3 Å². The van der Waals surface area contributed by atoms with Crippen LogP contribution in [-0.4, -0.2) is 52.6 Å². The maximum absolute atomic E-state index is 14.7. The van der Waals surface area contributed by atoms with E-state index >= 15 is 0 Å². The molecule has 3 heterocycles. The summed E-state index contributed by atoms with van der Waals surface area (Å²) in [4.78, 5) is 18.1. The van der Waals surface area contributed by atoms with Crippen molar-refractivity contribution in [1.82, 2.24) is 19.9 Å². The molecule has 170 valence electrons. The van der Waals surface area contributed by atoms with Gasteiger partial charge in [0.2, 0.25) is 0 Å². The summed E-state index contributed by atoms with van der Waals surface area (Å²) in [6, 6.07) is 5.72. The molecule has 0 radical (unpaired) electrons. The second kappa shape index (κ2) is 8.90. The molecule has 1 aliphatic rings. The average Bonchev–Trinajstić information content (AvgIpc) is 2.73. The van der Waals surface area contributed by atoms with Crippen LogP contribution in [-0.2, 0) is 0 Å². The summed E-state index contributed by atoms with van der Waals surface area (Å²) in [6.45, 7) is 8.38.